The summed E-state index contributed by atoms with van der Waals surface area (Å²) in [5.41, 5.74) is -1.63. The Morgan fingerprint density at radius 1 is 1.12 bits per heavy atom. The minimum atomic E-state index is -4.58. The second-order valence-corrected chi connectivity index (χ2v) is 5.59. The van der Waals surface area contributed by atoms with Gasteiger partial charge in [-0.2, -0.15) is 0 Å². The average molecular weight is 281 g/mol. The number of hydrogen-bond acceptors (Lipinski definition) is 6. The summed E-state index contributed by atoms with van der Waals surface area (Å²) in [5.74, 6) is 0. The van der Waals surface area contributed by atoms with Crippen LogP contribution in [0.25, 0.3) is 0 Å². The van der Waals surface area contributed by atoms with E-state index in [9.17, 15) is 28.6 Å². The van der Waals surface area contributed by atoms with E-state index in [-0.39, 0.29) is 5.56 Å². The Morgan fingerprint density at radius 2 is 1.47 bits per heavy atom. The van der Waals surface area contributed by atoms with Crippen molar-refractivity contribution in [2.75, 3.05) is 0 Å². The molecule has 0 aliphatic heterocycles. The number of hydrogen-bond donors (Lipinski definition) is 0. The summed E-state index contributed by atoms with van der Waals surface area (Å²) in [7, 11) is 0.391. The van der Waals surface area contributed by atoms with E-state index in [1.54, 1.807) is 0 Å². The predicted molar refractivity (Wildman–Crippen MR) is 57.5 cm³/mol. The first-order chi connectivity index (χ1) is 7.64. The number of rotatable bonds is 3. The molecule has 10 heteroatoms. The van der Waals surface area contributed by atoms with Crippen LogP contribution in [0.2, 0.25) is 0 Å². The molecular formula is C7H5ClN2O6S. The van der Waals surface area contributed by atoms with Crippen LogP contribution in [-0.2, 0) is 9.05 Å². The molecule has 0 fully saturated rings. The molecule has 0 amide bonds. The van der Waals surface area contributed by atoms with E-state index < -0.39 is 35.2 Å². The molecule has 8 nitrogen and oxygen atoms in total. The summed E-state index contributed by atoms with van der Waals surface area (Å²) in [5, 5.41) is 21.3. The quantitative estimate of drug-likeness (QED) is 0.472. The van der Waals surface area contributed by atoms with E-state index in [1.165, 1.54) is 6.92 Å². The molecule has 0 aliphatic carbocycles. The maximum absolute atomic E-state index is 11.2. The van der Waals surface area contributed by atoms with Crippen molar-refractivity contribution in [3.05, 3.63) is 37.9 Å². The Labute approximate surface area is 99.5 Å². The van der Waals surface area contributed by atoms with E-state index in [0.29, 0.717) is 0 Å². The van der Waals surface area contributed by atoms with E-state index in [2.05, 4.69) is 0 Å². The molecule has 0 saturated carbocycles. The van der Waals surface area contributed by atoms with Crippen LogP contribution in [0.3, 0.4) is 0 Å². The number of nitrogens with zero attached hydrogens (tertiary/aromatic N) is 2. The molecule has 0 unspecified atom stereocenters. The van der Waals surface area contributed by atoms with Crippen molar-refractivity contribution >= 4 is 31.1 Å². The van der Waals surface area contributed by atoms with Gasteiger partial charge in [0, 0.05) is 22.8 Å². The predicted octanol–water partition coefficient (Wildman–Crippen LogP) is 1.74. The van der Waals surface area contributed by atoms with Crippen LogP contribution in [0, 0.1) is 27.2 Å². The van der Waals surface area contributed by atoms with Crippen LogP contribution in [0.5, 0.6) is 0 Å². The molecule has 0 atom stereocenters. The summed E-state index contributed by atoms with van der Waals surface area (Å²) < 4.78 is 22.3. The molecule has 0 aromatic heterocycles. The monoisotopic (exact) mass is 280 g/mol. The lowest BCUT2D eigenvalue weighted by atomic mass is 10.2. The highest BCUT2D eigenvalue weighted by atomic mass is 35.7. The minimum Gasteiger partial charge on any atom is -0.258 e. The SMILES string of the molecule is Cc1cc([N+](=O)[O-])c(S(=O)(=O)Cl)c([N+](=O)[O-])c1. The highest BCUT2D eigenvalue weighted by molar-refractivity contribution is 8.14. The Bertz CT molecular complexity index is 576. The fourth-order valence-electron chi connectivity index (χ4n) is 1.26. The van der Waals surface area contributed by atoms with Crippen LogP contribution in [-0.4, -0.2) is 18.3 Å². The first-order valence-corrected chi connectivity index (χ1v) is 6.33. The Morgan fingerprint density at radius 3 is 1.71 bits per heavy atom. The third-order valence-electron chi connectivity index (χ3n) is 1.83. The van der Waals surface area contributed by atoms with Crippen LogP contribution in [0.15, 0.2) is 17.0 Å². The molecule has 17 heavy (non-hydrogen) atoms. The molecule has 0 aliphatic rings. The van der Waals surface area contributed by atoms with E-state index in [1.807, 2.05) is 0 Å². The third kappa shape index (κ3) is 2.68. The highest BCUT2D eigenvalue weighted by Gasteiger charge is 2.34. The number of halogens is 1. The third-order valence-corrected chi connectivity index (χ3v) is 3.20. The fraction of sp³-hybridized carbons (Fsp3) is 0.143. The molecule has 0 radical (unpaired) electrons. The molecule has 0 bridgehead atoms. The topological polar surface area (TPSA) is 120 Å². The molecule has 0 spiro atoms. The van der Waals surface area contributed by atoms with Crippen molar-refractivity contribution in [1.82, 2.24) is 0 Å². The van der Waals surface area contributed by atoms with E-state index >= 15 is 0 Å². The van der Waals surface area contributed by atoms with Crippen molar-refractivity contribution in [3.8, 4) is 0 Å². The zero-order valence-electron chi connectivity index (χ0n) is 8.28. The Kier molecular flexibility index (Phi) is 3.34. The zero-order valence-corrected chi connectivity index (χ0v) is 9.86. The molecule has 0 saturated heterocycles. The first-order valence-electron chi connectivity index (χ1n) is 4.02. The van der Waals surface area contributed by atoms with Gasteiger partial charge in [-0.05, 0) is 12.5 Å². The fourth-order valence-corrected chi connectivity index (χ4v) is 2.50. The maximum atomic E-state index is 11.2. The van der Waals surface area contributed by atoms with Gasteiger partial charge in [-0.15, -0.1) is 0 Å². The van der Waals surface area contributed by atoms with Crippen LogP contribution in [0.1, 0.15) is 5.56 Å². The molecule has 0 heterocycles. The standard InChI is InChI=1S/C7H5ClN2O6S/c1-4-2-5(9(11)12)7(17(8,15)16)6(3-4)10(13)14/h2-3H,1H3. The summed E-state index contributed by atoms with van der Waals surface area (Å²) in [4.78, 5) is 18.1. The van der Waals surface area contributed by atoms with Gasteiger partial charge in [0.05, 0.1) is 9.85 Å². The van der Waals surface area contributed by atoms with Crippen molar-refractivity contribution in [2.24, 2.45) is 0 Å². The summed E-state index contributed by atoms with van der Waals surface area (Å²) in [6, 6.07) is 1.81. The van der Waals surface area contributed by atoms with Gasteiger partial charge in [0.25, 0.3) is 20.4 Å². The van der Waals surface area contributed by atoms with Crippen molar-refractivity contribution in [1.29, 1.82) is 0 Å². The normalized spacial score (nSPS) is 11.2. The number of aryl methyl sites for hydroxylation is 1. The van der Waals surface area contributed by atoms with Gasteiger partial charge in [0.2, 0.25) is 4.90 Å². The number of benzene rings is 1. The van der Waals surface area contributed by atoms with Crippen LogP contribution >= 0.6 is 10.7 Å². The summed E-state index contributed by atoms with van der Waals surface area (Å²) in [6.07, 6.45) is 0. The van der Waals surface area contributed by atoms with Gasteiger partial charge in [-0.25, -0.2) is 8.42 Å². The highest BCUT2D eigenvalue weighted by Crippen LogP contribution is 2.36. The van der Waals surface area contributed by atoms with Gasteiger partial charge >= 0.3 is 0 Å². The van der Waals surface area contributed by atoms with Gasteiger partial charge in [-0.3, -0.25) is 20.2 Å². The van der Waals surface area contributed by atoms with Crippen LogP contribution in [0.4, 0.5) is 11.4 Å². The number of nitro benzene ring substituents is 2. The lowest BCUT2D eigenvalue weighted by Crippen LogP contribution is -2.04. The van der Waals surface area contributed by atoms with Crippen molar-refractivity contribution < 1.29 is 18.3 Å². The van der Waals surface area contributed by atoms with Crippen LogP contribution < -0.4 is 0 Å². The molecule has 0 N–H and O–H groups in total. The molecule has 1 rings (SSSR count). The summed E-state index contributed by atoms with van der Waals surface area (Å²) >= 11 is 0. The maximum Gasteiger partial charge on any atom is 0.296 e. The number of nitro groups is 2. The van der Waals surface area contributed by atoms with Gasteiger partial charge in [-0.1, -0.05) is 0 Å². The van der Waals surface area contributed by atoms with Gasteiger partial charge in [0.1, 0.15) is 0 Å². The lowest BCUT2D eigenvalue weighted by molar-refractivity contribution is -0.399. The minimum absolute atomic E-state index is 0.187. The summed E-state index contributed by atoms with van der Waals surface area (Å²) in [6.45, 7) is 1.37. The molecule has 1 aromatic rings. The van der Waals surface area contributed by atoms with E-state index in [0.717, 1.165) is 12.1 Å². The second-order valence-electron chi connectivity index (χ2n) is 3.08. The Hall–Kier alpha value is -1.74. The largest absolute Gasteiger partial charge is 0.296 e. The molecular weight excluding hydrogens is 276 g/mol. The second kappa shape index (κ2) is 4.26. The Balaban J connectivity index is 3.85. The van der Waals surface area contributed by atoms with Crippen molar-refractivity contribution in [3.63, 3.8) is 0 Å². The van der Waals surface area contributed by atoms with E-state index in [4.69, 9.17) is 10.7 Å². The molecule has 1 aromatic carbocycles. The van der Waals surface area contributed by atoms with Gasteiger partial charge in [0.15, 0.2) is 0 Å². The first kappa shape index (κ1) is 13.3. The lowest BCUT2D eigenvalue weighted by Gasteiger charge is -2.02. The smallest absolute Gasteiger partial charge is 0.258 e. The van der Waals surface area contributed by atoms with Crippen molar-refractivity contribution in [2.45, 2.75) is 11.8 Å². The molecule has 92 valence electrons. The average Bonchev–Trinajstić information content (AvgIpc) is 2.14. The van der Waals surface area contributed by atoms with Gasteiger partial charge < -0.3 is 0 Å². The zero-order chi connectivity index (χ0) is 13.4.